The third-order valence-corrected chi connectivity index (χ3v) is 3.16. The van der Waals surface area contributed by atoms with Gasteiger partial charge in [-0.3, -0.25) is 4.79 Å². The fraction of sp³-hybridized carbons (Fsp3) is 0.176. The van der Waals surface area contributed by atoms with Gasteiger partial charge in [0, 0.05) is 11.3 Å². The maximum Gasteiger partial charge on any atom is 0.259 e. The minimum absolute atomic E-state index is 0.127. The first kappa shape index (κ1) is 15.6. The molecule has 0 aliphatic heterocycles. The molecule has 2 aromatic rings. The van der Waals surface area contributed by atoms with Crippen LogP contribution in [0.2, 0.25) is 0 Å². The normalized spacial score (nSPS) is 10.6. The van der Waals surface area contributed by atoms with E-state index in [1.54, 1.807) is 12.1 Å². The number of carbonyl (C=O) groups is 1. The Morgan fingerprint density at radius 3 is 2.73 bits per heavy atom. The van der Waals surface area contributed by atoms with Crippen molar-refractivity contribution < 1.29 is 9.90 Å². The maximum absolute atomic E-state index is 11.7. The molecule has 0 radical (unpaired) electrons. The number of hydrogen-bond acceptors (Lipinski definition) is 4. The molecule has 2 aromatic carbocycles. The van der Waals surface area contributed by atoms with Crippen LogP contribution in [0.15, 0.2) is 47.6 Å². The van der Waals surface area contributed by atoms with Crippen LogP contribution < -0.4 is 10.7 Å². The zero-order valence-corrected chi connectivity index (χ0v) is 12.6. The number of nitrogens with one attached hydrogen (secondary N) is 2. The number of rotatable bonds is 5. The van der Waals surface area contributed by atoms with E-state index in [2.05, 4.69) is 15.8 Å². The third-order valence-electron chi connectivity index (χ3n) is 3.16. The Bertz CT molecular complexity index is 696. The van der Waals surface area contributed by atoms with Gasteiger partial charge in [0.15, 0.2) is 0 Å². The molecular weight excluding hydrogens is 278 g/mol. The monoisotopic (exact) mass is 297 g/mol. The average Bonchev–Trinajstić information content (AvgIpc) is 2.49. The summed E-state index contributed by atoms with van der Waals surface area (Å²) in [6.45, 7) is 3.99. The van der Waals surface area contributed by atoms with Crippen molar-refractivity contribution in [1.82, 2.24) is 5.43 Å². The van der Waals surface area contributed by atoms with Crippen molar-refractivity contribution in [2.45, 2.75) is 13.8 Å². The topological polar surface area (TPSA) is 73.7 Å². The Labute approximate surface area is 129 Å². The summed E-state index contributed by atoms with van der Waals surface area (Å²) in [6.07, 6.45) is 1.42. The van der Waals surface area contributed by atoms with Crippen LogP contribution in [0.1, 0.15) is 16.7 Å². The molecule has 0 saturated heterocycles. The first-order chi connectivity index (χ1) is 10.6. The number of anilines is 1. The van der Waals surface area contributed by atoms with Gasteiger partial charge in [-0.2, -0.15) is 5.10 Å². The highest BCUT2D eigenvalue weighted by molar-refractivity contribution is 5.86. The van der Waals surface area contributed by atoms with Gasteiger partial charge in [0.25, 0.3) is 5.91 Å². The number of hydrazone groups is 1. The number of aryl methyl sites for hydroxylation is 2. The lowest BCUT2D eigenvalue weighted by Gasteiger charge is -2.07. The predicted octanol–water partition coefficient (Wildman–Crippen LogP) is 2.57. The van der Waals surface area contributed by atoms with Gasteiger partial charge in [-0.25, -0.2) is 5.43 Å². The molecule has 0 aromatic heterocycles. The number of para-hydroxylation sites is 1. The molecule has 0 spiro atoms. The standard InChI is InChI=1S/C17H19N3O2/c1-12-7-8-14(16(21)9-12)10-19-20-17(22)11-18-15-6-4-3-5-13(15)2/h3-10,18,21H,11H2,1-2H3,(H,20,22). The molecule has 0 saturated carbocycles. The first-order valence-electron chi connectivity index (χ1n) is 6.97. The van der Waals surface area contributed by atoms with E-state index in [9.17, 15) is 9.90 Å². The lowest BCUT2D eigenvalue weighted by atomic mass is 10.1. The minimum Gasteiger partial charge on any atom is -0.507 e. The number of hydrogen-bond donors (Lipinski definition) is 3. The van der Waals surface area contributed by atoms with E-state index in [-0.39, 0.29) is 18.2 Å². The summed E-state index contributed by atoms with van der Waals surface area (Å²) in [6, 6.07) is 13.0. The van der Waals surface area contributed by atoms with E-state index in [4.69, 9.17) is 0 Å². The van der Waals surface area contributed by atoms with E-state index in [1.807, 2.05) is 44.2 Å². The van der Waals surface area contributed by atoms with Crippen molar-refractivity contribution in [2.75, 3.05) is 11.9 Å². The maximum atomic E-state index is 11.7. The summed E-state index contributed by atoms with van der Waals surface area (Å²) >= 11 is 0. The Morgan fingerprint density at radius 2 is 2.00 bits per heavy atom. The second kappa shape index (κ2) is 7.26. The van der Waals surface area contributed by atoms with Gasteiger partial charge in [-0.15, -0.1) is 0 Å². The van der Waals surface area contributed by atoms with Crippen LogP contribution in [0.4, 0.5) is 5.69 Å². The Morgan fingerprint density at radius 1 is 1.23 bits per heavy atom. The molecule has 0 atom stereocenters. The fourth-order valence-electron chi connectivity index (χ4n) is 1.92. The van der Waals surface area contributed by atoms with Crippen LogP contribution in [-0.4, -0.2) is 23.8 Å². The molecule has 0 aliphatic rings. The zero-order chi connectivity index (χ0) is 15.9. The number of phenolic OH excluding ortho intramolecular Hbond substituents is 1. The van der Waals surface area contributed by atoms with Crippen molar-refractivity contribution in [3.63, 3.8) is 0 Å². The van der Waals surface area contributed by atoms with Gasteiger partial charge in [-0.1, -0.05) is 24.3 Å². The molecule has 1 amide bonds. The van der Waals surface area contributed by atoms with Crippen molar-refractivity contribution in [3.8, 4) is 5.75 Å². The van der Waals surface area contributed by atoms with Crippen LogP contribution in [0.3, 0.4) is 0 Å². The number of carbonyl (C=O) groups excluding carboxylic acids is 1. The van der Waals surface area contributed by atoms with Crippen LogP contribution in [-0.2, 0) is 4.79 Å². The van der Waals surface area contributed by atoms with Crippen molar-refractivity contribution in [1.29, 1.82) is 0 Å². The molecule has 0 unspecified atom stereocenters. The lowest BCUT2D eigenvalue weighted by molar-refractivity contribution is -0.119. The number of benzene rings is 2. The molecule has 22 heavy (non-hydrogen) atoms. The summed E-state index contributed by atoms with van der Waals surface area (Å²) in [7, 11) is 0. The van der Waals surface area contributed by atoms with Crippen LogP contribution in [0, 0.1) is 13.8 Å². The molecule has 0 fully saturated rings. The van der Waals surface area contributed by atoms with Crippen LogP contribution in [0.5, 0.6) is 5.75 Å². The van der Waals surface area contributed by atoms with Crippen molar-refractivity contribution in [3.05, 3.63) is 59.2 Å². The minimum atomic E-state index is -0.258. The number of phenols is 1. The Hall–Kier alpha value is -2.82. The van der Waals surface area contributed by atoms with Gasteiger partial charge in [0.05, 0.1) is 12.8 Å². The Kier molecular flexibility index (Phi) is 5.14. The summed E-state index contributed by atoms with van der Waals surface area (Å²) in [5, 5.41) is 16.6. The number of nitrogens with zero attached hydrogens (tertiary/aromatic N) is 1. The quantitative estimate of drug-likeness (QED) is 0.586. The van der Waals surface area contributed by atoms with Gasteiger partial charge in [0.2, 0.25) is 0 Å². The van der Waals surface area contributed by atoms with E-state index >= 15 is 0 Å². The molecule has 0 aliphatic carbocycles. The summed E-state index contributed by atoms with van der Waals surface area (Å²) < 4.78 is 0. The highest BCUT2D eigenvalue weighted by Gasteiger charge is 2.02. The van der Waals surface area contributed by atoms with Crippen LogP contribution >= 0.6 is 0 Å². The van der Waals surface area contributed by atoms with Crippen LogP contribution in [0.25, 0.3) is 0 Å². The zero-order valence-electron chi connectivity index (χ0n) is 12.6. The van der Waals surface area contributed by atoms with Gasteiger partial charge >= 0.3 is 0 Å². The van der Waals surface area contributed by atoms with Gasteiger partial charge < -0.3 is 10.4 Å². The summed E-state index contributed by atoms with van der Waals surface area (Å²) in [4.78, 5) is 11.7. The second-order valence-corrected chi connectivity index (χ2v) is 5.02. The number of amides is 1. The number of aromatic hydroxyl groups is 1. The van der Waals surface area contributed by atoms with E-state index < -0.39 is 0 Å². The third kappa shape index (κ3) is 4.34. The molecule has 5 heteroatoms. The molecule has 114 valence electrons. The van der Waals surface area contributed by atoms with Gasteiger partial charge in [-0.05, 0) is 43.2 Å². The largest absolute Gasteiger partial charge is 0.507 e. The van der Waals surface area contributed by atoms with E-state index in [0.29, 0.717) is 5.56 Å². The van der Waals surface area contributed by atoms with Crippen molar-refractivity contribution in [2.24, 2.45) is 5.10 Å². The van der Waals surface area contributed by atoms with E-state index in [1.165, 1.54) is 6.21 Å². The molecule has 5 nitrogen and oxygen atoms in total. The highest BCUT2D eigenvalue weighted by atomic mass is 16.3. The van der Waals surface area contributed by atoms with E-state index in [0.717, 1.165) is 16.8 Å². The molecule has 3 N–H and O–H groups in total. The smallest absolute Gasteiger partial charge is 0.259 e. The summed E-state index contributed by atoms with van der Waals surface area (Å²) in [5.74, 6) is -0.123. The fourth-order valence-corrected chi connectivity index (χ4v) is 1.92. The average molecular weight is 297 g/mol. The molecular formula is C17H19N3O2. The molecule has 0 bridgehead atoms. The second-order valence-electron chi connectivity index (χ2n) is 5.02. The van der Waals surface area contributed by atoms with Crippen molar-refractivity contribution >= 4 is 17.8 Å². The van der Waals surface area contributed by atoms with Gasteiger partial charge in [0.1, 0.15) is 5.75 Å². The SMILES string of the molecule is Cc1ccc(C=NNC(=O)CNc2ccccc2C)c(O)c1. The molecule has 0 heterocycles. The first-order valence-corrected chi connectivity index (χ1v) is 6.97. The molecule has 2 rings (SSSR count). The summed E-state index contributed by atoms with van der Waals surface area (Å²) in [5.41, 5.74) is 5.92. The Balaban J connectivity index is 1.85. The predicted molar refractivity (Wildman–Crippen MR) is 88.2 cm³/mol. The lowest BCUT2D eigenvalue weighted by Crippen LogP contribution is -2.26. The highest BCUT2D eigenvalue weighted by Crippen LogP contribution is 2.16.